The van der Waals surface area contributed by atoms with Crippen molar-refractivity contribution in [1.29, 1.82) is 0 Å². The third-order valence-corrected chi connectivity index (χ3v) is 6.24. The summed E-state index contributed by atoms with van der Waals surface area (Å²) in [4.78, 5) is 2.73. The van der Waals surface area contributed by atoms with Crippen LogP contribution in [0.1, 0.15) is 65.7 Å². The Morgan fingerprint density at radius 2 is 1.70 bits per heavy atom. The quantitative estimate of drug-likeness (QED) is 0.829. The van der Waals surface area contributed by atoms with Gasteiger partial charge in [0.15, 0.2) is 0 Å². The minimum atomic E-state index is 0.507. The van der Waals surface area contributed by atoms with Crippen molar-refractivity contribution < 1.29 is 0 Å². The summed E-state index contributed by atoms with van der Waals surface area (Å²) < 4.78 is 0. The molecule has 0 amide bonds. The Labute approximate surface area is 125 Å². The Balaban J connectivity index is 1.44. The number of nitrogens with zero attached hydrogens (tertiary/aromatic N) is 1. The van der Waals surface area contributed by atoms with Gasteiger partial charge < -0.3 is 10.2 Å². The molecule has 3 rings (SSSR count). The van der Waals surface area contributed by atoms with E-state index in [0.717, 1.165) is 23.9 Å². The molecule has 2 heterocycles. The van der Waals surface area contributed by atoms with E-state index in [1.54, 1.807) is 0 Å². The first-order valence-electron chi connectivity index (χ1n) is 9.01. The SMILES string of the molecule is CC(C)(C)C1CCN(CC2CC3CCCCC3N2)CC1. The molecule has 3 unspecified atom stereocenters. The highest BCUT2D eigenvalue weighted by Gasteiger charge is 2.36. The molecule has 0 aromatic carbocycles. The zero-order valence-corrected chi connectivity index (χ0v) is 13.8. The van der Waals surface area contributed by atoms with E-state index >= 15 is 0 Å². The lowest BCUT2D eigenvalue weighted by Crippen LogP contribution is -2.45. The minimum absolute atomic E-state index is 0.507. The van der Waals surface area contributed by atoms with Crippen LogP contribution >= 0.6 is 0 Å². The van der Waals surface area contributed by atoms with Gasteiger partial charge in [-0.05, 0) is 62.4 Å². The Hall–Kier alpha value is -0.0800. The lowest BCUT2D eigenvalue weighted by molar-refractivity contribution is 0.106. The second-order valence-electron chi connectivity index (χ2n) is 8.69. The lowest BCUT2D eigenvalue weighted by atomic mass is 9.75. The molecule has 2 saturated heterocycles. The predicted molar refractivity (Wildman–Crippen MR) is 85.9 cm³/mol. The second kappa shape index (κ2) is 5.96. The summed E-state index contributed by atoms with van der Waals surface area (Å²) in [5, 5.41) is 3.94. The standard InChI is InChI=1S/C18H34N2/c1-18(2,3)15-8-10-20(11-9-15)13-16-12-14-6-4-5-7-17(14)19-16/h14-17,19H,4-13H2,1-3H3. The van der Waals surface area contributed by atoms with Crippen molar-refractivity contribution in [2.45, 2.75) is 77.8 Å². The summed E-state index contributed by atoms with van der Waals surface area (Å²) in [6.45, 7) is 11.2. The van der Waals surface area contributed by atoms with Gasteiger partial charge in [-0.3, -0.25) is 0 Å². The molecular weight excluding hydrogens is 244 g/mol. The van der Waals surface area contributed by atoms with Crippen molar-refractivity contribution in [2.75, 3.05) is 19.6 Å². The van der Waals surface area contributed by atoms with Gasteiger partial charge >= 0.3 is 0 Å². The molecule has 3 atom stereocenters. The number of piperidine rings is 1. The molecule has 3 fully saturated rings. The number of likely N-dealkylation sites (tertiary alicyclic amines) is 1. The normalized spacial score (nSPS) is 37.0. The average Bonchev–Trinajstić information content (AvgIpc) is 2.80. The van der Waals surface area contributed by atoms with Crippen molar-refractivity contribution in [3.8, 4) is 0 Å². The van der Waals surface area contributed by atoms with Crippen molar-refractivity contribution in [1.82, 2.24) is 10.2 Å². The number of nitrogens with one attached hydrogen (secondary N) is 1. The van der Waals surface area contributed by atoms with Crippen molar-refractivity contribution >= 4 is 0 Å². The van der Waals surface area contributed by atoms with E-state index in [9.17, 15) is 0 Å². The molecule has 1 aliphatic carbocycles. The average molecular weight is 278 g/mol. The van der Waals surface area contributed by atoms with Crippen LogP contribution < -0.4 is 5.32 Å². The van der Waals surface area contributed by atoms with Gasteiger partial charge in [0.1, 0.15) is 0 Å². The molecule has 0 radical (unpaired) electrons. The summed E-state index contributed by atoms with van der Waals surface area (Å²) in [5.74, 6) is 1.93. The van der Waals surface area contributed by atoms with Gasteiger partial charge in [-0.25, -0.2) is 0 Å². The van der Waals surface area contributed by atoms with E-state index in [-0.39, 0.29) is 0 Å². The maximum absolute atomic E-state index is 3.94. The largest absolute Gasteiger partial charge is 0.310 e. The molecular formula is C18H34N2. The van der Waals surface area contributed by atoms with Crippen LogP contribution in [0.5, 0.6) is 0 Å². The molecule has 116 valence electrons. The Bertz CT molecular complexity index is 298. The molecule has 0 bridgehead atoms. The Morgan fingerprint density at radius 3 is 2.35 bits per heavy atom. The van der Waals surface area contributed by atoms with Gasteiger partial charge in [-0.1, -0.05) is 33.6 Å². The van der Waals surface area contributed by atoms with Gasteiger partial charge in [0.25, 0.3) is 0 Å². The molecule has 3 aliphatic rings. The maximum Gasteiger partial charge on any atom is 0.0200 e. The van der Waals surface area contributed by atoms with Crippen molar-refractivity contribution in [3.63, 3.8) is 0 Å². The molecule has 2 nitrogen and oxygen atoms in total. The summed E-state index contributed by atoms with van der Waals surface area (Å²) in [6, 6.07) is 1.65. The van der Waals surface area contributed by atoms with Crippen LogP contribution in [0.25, 0.3) is 0 Å². The fourth-order valence-corrected chi connectivity index (χ4v) is 4.87. The molecule has 1 saturated carbocycles. The third kappa shape index (κ3) is 3.39. The van der Waals surface area contributed by atoms with E-state index in [4.69, 9.17) is 0 Å². The monoisotopic (exact) mass is 278 g/mol. The number of hydrogen-bond acceptors (Lipinski definition) is 2. The predicted octanol–water partition coefficient (Wildman–Crippen LogP) is 3.67. The molecule has 0 spiro atoms. The highest BCUT2D eigenvalue weighted by molar-refractivity contribution is 4.94. The topological polar surface area (TPSA) is 15.3 Å². The summed E-state index contributed by atoms with van der Waals surface area (Å²) >= 11 is 0. The van der Waals surface area contributed by atoms with E-state index in [0.29, 0.717) is 5.41 Å². The molecule has 1 N–H and O–H groups in total. The van der Waals surface area contributed by atoms with Gasteiger partial charge in [0.2, 0.25) is 0 Å². The maximum atomic E-state index is 3.94. The van der Waals surface area contributed by atoms with Crippen molar-refractivity contribution in [3.05, 3.63) is 0 Å². The van der Waals surface area contributed by atoms with Crippen molar-refractivity contribution in [2.24, 2.45) is 17.3 Å². The first-order chi connectivity index (χ1) is 9.52. The van der Waals surface area contributed by atoms with E-state index in [1.807, 2.05) is 0 Å². The van der Waals surface area contributed by atoms with Crippen LogP contribution in [0.2, 0.25) is 0 Å². The van der Waals surface area contributed by atoms with Crippen LogP contribution in [0.15, 0.2) is 0 Å². The highest BCUT2D eigenvalue weighted by Crippen LogP contribution is 2.36. The molecule has 20 heavy (non-hydrogen) atoms. The number of hydrogen-bond donors (Lipinski definition) is 1. The van der Waals surface area contributed by atoms with Crippen LogP contribution in [0.4, 0.5) is 0 Å². The van der Waals surface area contributed by atoms with E-state index in [2.05, 4.69) is 31.0 Å². The molecule has 0 aromatic rings. The number of rotatable bonds is 2. The smallest absolute Gasteiger partial charge is 0.0200 e. The lowest BCUT2D eigenvalue weighted by Gasteiger charge is -2.39. The van der Waals surface area contributed by atoms with E-state index < -0.39 is 0 Å². The van der Waals surface area contributed by atoms with Crippen LogP contribution in [-0.4, -0.2) is 36.6 Å². The minimum Gasteiger partial charge on any atom is -0.310 e. The Kier molecular flexibility index (Phi) is 4.42. The number of fused-ring (bicyclic) bond motifs is 1. The van der Waals surface area contributed by atoms with Crippen LogP contribution in [-0.2, 0) is 0 Å². The fraction of sp³-hybridized carbons (Fsp3) is 1.00. The summed E-state index contributed by atoms with van der Waals surface area (Å²) in [7, 11) is 0. The summed E-state index contributed by atoms with van der Waals surface area (Å²) in [5.41, 5.74) is 0.507. The van der Waals surface area contributed by atoms with Gasteiger partial charge in [-0.15, -0.1) is 0 Å². The first kappa shape index (κ1) is 14.8. The van der Waals surface area contributed by atoms with Gasteiger partial charge in [0.05, 0.1) is 0 Å². The highest BCUT2D eigenvalue weighted by atomic mass is 15.2. The molecule has 0 aromatic heterocycles. The van der Waals surface area contributed by atoms with Gasteiger partial charge in [-0.2, -0.15) is 0 Å². The van der Waals surface area contributed by atoms with Gasteiger partial charge in [0, 0.05) is 18.6 Å². The summed E-state index contributed by atoms with van der Waals surface area (Å²) in [6.07, 6.45) is 10.1. The zero-order valence-electron chi connectivity index (χ0n) is 13.8. The second-order valence-corrected chi connectivity index (χ2v) is 8.69. The molecule has 2 aliphatic heterocycles. The zero-order chi connectivity index (χ0) is 14.2. The molecule has 2 heteroatoms. The van der Waals surface area contributed by atoms with E-state index in [1.165, 1.54) is 64.6 Å². The third-order valence-electron chi connectivity index (χ3n) is 6.24. The first-order valence-corrected chi connectivity index (χ1v) is 9.01. The van der Waals surface area contributed by atoms with Crippen LogP contribution in [0.3, 0.4) is 0 Å². The van der Waals surface area contributed by atoms with Crippen LogP contribution in [0, 0.1) is 17.3 Å². The Morgan fingerprint density at radius 1 is 1.00 bits per heavy atom. The fourth-order valence-electron chi connectivity index (χ4n) is 4.87.